The van der Waals surface area contributed by atoms with E-state index in [-0.39, 0.29) is 0 Å². The van der Waals surface area contributed by atoms with Gasteiger partial charge in [-0.25, -0.2) is 4.98 Å². The molecule has 1 aromatic carbocycles. The molecule has 0 amide bonds. The number of rotatable bonds is 0. The molecule has 0 aliphatic carbocycles. The van der Waals surface area contributed by atoms with Crippen LogP contribution in [0.25, 0.3) is 11.1 Å². The van der Waals surface area contributed by atoms with E-state index in [1.54, 1.807) is 0 Å². The third-order valence-corrected chi connectivity index (χ3v) is 2.77. The highest BCUT2D eigenvalue weighted by Crippen LogP contribution is 2.25. The van der Waals surface area contributed by atoms with Crippen molar-refractivity contribution in [2.24, 2.45) is 0 Å². The first-order chi connectivity index (χ1) is 5.68. The number of hydrogen-bond acceptors (Lipinski definition) is 3. The minimum atomic E-state index is 0.675. The molecule has 0 aliphatic rings. The molecule has 2 rings (SSSR count). The van der Waals surface area contributed by atoms with Crippen LogP contribution in [0.2, 0.25) is 0 Å². The van der Waals surface area contributed by atoms with Crippen LogP contribution >= 0.6 is 22.6 Å². The highest BCUT2D eigenvalue weighted by atomic mass is 127. The first-order valence-corrected chi connectivity index (χ1v) is 4.57. The molecule has 0 radical (unpaired) electrons. The van der Waals surface area contributed by atoms with Crippen molar-refractivity contribution in [2.75, 3.05) is 5.73 Å². The summed E-state index contributed by atoms with van der Waals surface area (Å²) in [6.07, 6.45) is 0. The summed E-state index contributed by atoms with van der Waals surface area (Å²) in [6, 6.07) is 3.67. The average molecular weight is 274 g/mol. The lowest BCUT2D eigenvalue weighted by molar-refractivity contribution is 0.561. The van der Waals surface area contributed by atoms with E-state index in [1.807, 2.05) is 19.1 Å². The predicted molar refractivity (Wildman–Crippen MR) is 55.9 cm³/mol. The lowest BCUT2D eigenvalue weighted by Gasteiger charge is -1.95. The molecule has 0 unspecified atom stereocenters. The number of nitrogen functional groups attached to an aromatic ring is 1. The smallest absolute Gasteiger partial charge is 0.192 e. The first kappa shape index (κ1) is 7.85. The lowest BCUT2D eigenvalue weighted by atomic mass is 10.3. The molecule has 0 spiro atoms. The Morgan fingerprint density at radius 2 is 2.25 bits per heavy atom. The second-order valence-electron chi connectivity index (χ2n) is 2.55. The number of aryl methyl sites for hydroxylation is 1. The third kappa shape index (κ3) is 1.06. The van der Waals surface area contributed by atoms with Crippen molar-refractivity contribution in [2.45, 2.75) is 6.92 Å². The summed E-state index contributed by atoms with van der Waals surface area (Å²) in [6.45, 7) is 1.83. The standard InChI is InChI=1S/C8H7IN2O/c1-4-11-8-6(12-4)3-2-5(10)7(8)9/h2-3H,10H2,1H3. The number of benzene rings is 1. The van der Waals surface area contributed by atoms with Gasteiger partial charge in [0, 0.05) is 12.6 Å². The van der Waals surface area contributed by atoms with E-state index in [2.05, 4.69) is 27.6 Å². The van der Waals surface area contributed by atoms with Gasteiger partial charge >= 0.3 is 0 Å². The summed E-state index contributed by atoms with van der Waals surface area (Å²) in [5.74, 6) is 0.675. The molecule has 2 aromatic rings. The zero-order chi connectivity index (χ0) is 8.72. The molecule has 4 heteroatoms. The molecule has 2 N–H and O–H groups in total. The Morgan fingerprint density at radius 3 is 3.00 bits per heavy atom. The van der Waals surface area contributed by atoms with Crippen LogP contribution in [0.3, 0.4) is 0 Å². The Labute approximate surface area is 83.1 Å². The molecule has 0 aliphatic heterocycles. The monoisotopic (exact) mass is 274 g/mol. The van der Waals surface area contributed by atoms with Gasteiger partial charge < -0.3 is 10.2 Å². The Morgan fingerprint density at radius 1 is 1.50 bits per heavy atom. The quantitative estimate of drug-likeness (QED) is 0.592. The number of halogens is 1. The molecule has 0 atom stereocenters. The predicted octanol–water partition coefficient (Wildman–Crippen LogP) is 2.32. The van der Waals surface area contributed by atoms with E-state index in [9.17, 15) is 0 Å². The maximum absolute atomic E-state index is 5.71. The van der Waals surface area contributed by atoms with Gasteiger partial charge in [-0.2, -0.15) is 0 Å². The Kier molecular flexibility index (Phi) is 1.71. The molecule has 12 heavy (non-hydrogen) atoms. The highest BCUT2D eigenvalue weighted by molar-refractivity contribution is 14.1. The Balaban J connectivity index is 2.89. The van der Waals surface area contributed by atoms with Crippen LogP contribution < -0.4 is 5.73 Å². The van der Waals surface area contributed by atoms with E-state index in [1.165, 1.54) is 0 Å². The Hall–Kier alpha value is -0.780. The summed E-state index contributed by atoms with van der Waals surface area (Å²) in [5.41, 5.74) is 8.10. The molecule has 0 saturated heterocycles. The molecule has 0 saturated carbocycles. The summed E-state index contributed by atoms with van der Waals surface area (Å²) >= 11 is 2.17. The fraction of sp³-hybridized carbons (Fsp3) is 0.125. The van der Waals surface area contributed by atoms with Gasteiger partial charge in [0.2, 0.25) is 0 Å². The van der Waals surface area contributed by atoms with E-state index >= 15 is 0 Å². The molecular weight excluding hydrogens is 267 g/mol. The van der Waals surface area contributed by atoms with Gasteiger partial charge in [-0.1, -0.05) is 0 Å². The zero-order valence-electron chi connectivity index (χ0n) is 6.47. The van der Waals surface area contributed by atoms with Crippen molar-refractivity contribution in [1.82, 2.24) is 4.98 Å². The van der Waals surface area contributed by atoms with Crippen molar-refractivity contribution in [1.29, 1.82) is 0 Å². The van der Waals surface area contributed by atoms with Crippen molar-refractivity contribution in [3.8, 4) is 0 Å². The number of fused-ring (bicyclic) bond motifs is 1. The summed E-state index contributed by atoms with van der Waals surface area (Å²) in [4.78, 5) is 4.22. The summed E-state index contributed by atoms with van der Waals surface area (Å²) in [7, 11) is 0. The fourth-order valence-electron chi connectivity index (χ4n) is 1.09. The van der Waals surface area contributed by atoms with Crippen molar-refractivity contribution < 1.29 is 4.42 Å². The van der Waals surface area contributed by atoms with Crippen molar-refractivity contribution >= 4 is 39.4 Å². The number of anilines is 1. The van der Waals surface area contributed by atoms with E-state index in [0.717, 1.165) is 20.4 Å². The number of aromatic nitrogens is 1. The number of oxazole rings is 1. The van der Waals surface area contributed by atoms with Crippen LogP contribution in [0.4, 0.5) is 5.69 Å². The second-order valence-corrected chi connectivity index (χ2v) is 3.63. The first-order valence-electron chi connectivity index (χ1n) is 3.49. The molecule has 1 aromatic heterocycles. The van der Waals surface area contributed by atoms with Crippen LogP contribution in [0.15, 0.2) is 16.5 Å². The van der Waals surface area contributed by atoms with Gasteiger partial charge in [-0.05, 0) is 34.7 Å². The maximum Gasteiger partial charge on any atom is 0.192 e. The minimum Gasteiger partial charge on any atom is -0.441 e. The largest absolute Gasteiger partial charge is 0.441 e. The summed E-state index contributed by atoms with van der Waals surface area (Å²) in [5, 5.41) is 0. The molecule has 62 valence electrons. The summed E-state index contributed by atoms with van der Waals surface area (Å²) < 4.78 is 6.29. The molecule has 1 heterocycles. The van der Waals surface area contributed by atoms with E-state index in [0.29, 0.717) is 5.89 Å². The third-order valence-electron chi connectivity index (χ3n) is 1.64. The van der Waals surface area contributed by atoms with Crippen LogP contribution in [0, 0.1) is 10.5 Å². The second kappa shape index (κ2) is 2.62. The average Bonchev–Trinajstić information content (AvgIpc) is 2.39. The van der Waals surface area contributed by atoms with Crippen LogP contribution in [-0.4, -0.2) is 4.98 Å². The van der Waals surface area contributed by atoms with Gasteiger partial charge in [0.15, 0.2) is 11.5 Å². The molecule has 0 bridgehead atoms. The van der Waals surface area contributed by atoms with Gasteiger partial charge in [0.25, 0.3) is 0 Å². The fourth-order valence-corrected chi connectivity index (χ4v) is 1.65. The van der Waals surface area contributed by atoms with Crippen LogP contribution in [0.1, 0.15) is 5.89 Å². The number of nitrogens with two attached hydrogens (primary N) is 1. The van der Waals surface area contributed by atoms with E-state index in [4.69, 9.17) is 10.2 Å². The number of nitrogens with zero attached hydrogens (tertiary/aromatic N) is 1. The molecular formula is C8H7IN2O. The molecule has 3 nitrogen and oxygen atoms in total. The minimum absolute atomic E-state index is 0.675. The topological polar surface area (TPSA) is 52.0 Å². The van der Waals surface area contributed by atoms with Crippen LogP contribution in [-0.2, 0) is 0 Å². The van der Waals surface area contributed by atoms with Crippen molar-refractivity contribution in [3.05, 3.63) is 21.6 Å². The Bertz CT molecular complexity index is 436. The highest BCUT2D eigenvalue weighted by Gasteiger charge is 2.07. The number of hydrogen-bond donors (Lipinski definition) is 1. The van der Waals surface area contributed by atoms with Gasteiger partial charge in [0.05, 0.1) is 3.57 Å². The SMILES string of the molecule is Cc1nc2c(I)c(N)ccc2o1. The molecule has 0 fully saturated rings. The maximum atomic E-state index is 5.71. The van der Waals surface area contributed by atoms with E-state index < -0.39 is 0 Å². The zero-order valence-corrected chi connectivity index (χ0v) is 8.62. The van der Waals surface area contributed by atoms with Gasteiger partial charge in [-0.15, -0.1) is 0 Å². The van der Waals surface area contributed by atoms with Crippen molar-refractivity contribution in [3.63, 3.8) is 0 Å². The van der Waals surface area contributed by atoms with Gasteiger partial charge in [0.1, 0.15) is 5.52 Å². The van der Waals surface area contributed by atoms with Gasteiger partial charge in [-0.3, -0.25) is 0 Å². The van der Waals surface area contributed by atoms with Crippen LogP contribution in [0.5, 0.6) is 0 Å². The normalized spacial score (nSPS) is 10.8. The lowest BCUT2D eigenvalue weighted by Crippen LogP contribution is -1.88.